The van der Waals surface area contributed by atoms with E-state index >= 15 is 0 Å². The van der Waals surface area contributed by atoms with Gasteiger partial charge in [0.15, 0.2) is 0 Å². The molecule has 0 aromatic heterocycles. The van der Waals surface area contributed by atoms with Crippen LogP contribution < -0.4 is 0 Å². The number of benzene rings is 7. The van der Waals surface area contributed by atoms with Crippen molar-refractivity contribution in [3.05, 3.63) is 175 Å². The summed E-state index contributed by atoms with van der Waals surface area (Å²) in [5.41, 5.74) is 14.6. The summed E-state index contributed by atoms with van der Waals surface area (Å²) in [7, 11) is 0. The molecule has 0 nitrogen and oxygen atoms in total. The fourth-order valence-corrected chi connectivity index (χ4v) is 7.65. The van der Waals surface area contributed by atoms with E-state index in [1.165, 1.54) is 77.5 Å². The summed E-state index contributed by atoms with van der Waals surface area (Å²) >= 11 is 7.22. The standard InChI is InChI=1S/C42H27I3/c43-34-13-7-10-28(25-34)37-16-1-4-19-40(37)31-22-32(41-20-5-2-17-38(41)29-11-8-14-35(44)26-29)24-33(23-31)42-21-6-3-18-39(42)30-12-9-15-36(45)27-30/h1-27H. The Hall–Kier alpha value is -3.27. The van der Waals surface area contributed by atoms with E-state index in [0.29, 0.717) is 0 Å². The lowest BCUT2D eigenvalue weighted by atomic mass is 9.86. The van der Waals surface area contributed by atoms with Gasteiger partial charge in [-0.1, -0.05) is 109 Å². The van der Waals surface area contributed by atoms with Crippen molar-refractivity contribution in [1.29, 1.82) is 0 Å². The van der Waals surface area contributed by atoms with E-state index in [1.807, 2.05) is 0 Å². The van der Waals surface area contributed by atoms with Gasteiger partial charge in [0, 0.05) is 10.7 Å². The van der Waals surface area contributed by atoms with Crippen LogP contribution in [0.2, 0.25) is 0 Å². The van der Waals surface area contributed by atoms with Gasteiger partial charge in [-0.15, -0.1) is 0 Å². The SMILES string of the molecule is Ic1cccc(-c2ccccc2-c2cc(-c3ccccc3-c3cccc(I)c3)cc(-c3ccccc3-c3cccc(I)c3)c2)c1. The van der Waals surface area contributed by atoms with Crippen LogP contribution in [-0.4, -0.2) is 0 Å². The molecular formula is C42H27I3. The third-order valence-electron chi connectivity index (χ3n) is 8.05. The maximum Gasteiger partial charge on any atom is 0.0136 e. The molecule has 0 atom stereocenters. The molecule has 0 radical (unpaired) electrons. The van der Waals surface area contributed by atoms with Gasteiger partial charge in [-0.2, -0.15) is 0 Å². The van der Waals surface area contributed by atoms with Crippen LogP contribution in [-0.2, 0) is 0 Å². The van der Waals surface area contributed by atoms with Crippen LogP contribution in [0.3, 0.4) is 0 Å². The van der Waals surface area contributed by atoms with Crippen LogP contribution in [0.15, 0.2) is 164 Å². The smallest absolute Gasteiger partial charge is 0.0136 e. The quantitative estimate of drug-likeness (QED) is 0.146. The molecule has 0 N–H and O–H groups in total. The van der Waals surface area contributed by atoms with Crippen LogP contribution in [0.5, 0.6) is 0 Å². The molecule has 7 aromatic rings. The van der Waals surface area contributed by atoms with Crippen molar-refractivity contribution in [3.8, 4) is 66.8 Å². The minimum atomic E-state index is 1.20. The fraction of sp³-hybridized carbons (Fsp3) is 0. The van der Waals surface area contributed by atoms with Gasteiger partial charge in [0.2, 0.25) is 0 Å². The van der Waals surface area contributed by atoms with Crippen LogP contribution in [0.1, 0.15) is 0 Å². The molecule has 0 spiro atoms. The van der Waals surface area contributed by atoms with E-state index in [1.54, 1.807) is 0 Å². The summed E-state index contributed by atoms with van der Waals surface area (Å²) < 4.78 is 3.69. The van der Waals surface area contributed by atoms with Gasteiger partial charge in [0.05, 0.1) is 0 Å². The topological polar surface area (TPSA) is 0 Å². The maximum atomic E-state index is 2.41. The Bertz CT molecular complexity index is 1900. The van der Waals surface area contributed by atoms with E-state index in [2.05, 4.69) is 232 Å². The second kappa shape index (κ2) is 13.6. The molecule has 0 saturated heterocycles. The highest BCUT2D eigenvalue weighted by Crippen LogP contribution is 2.42. The van der Waals surface area contributed by atoms with E-state index < -0.39 is 0 Å². The van der Waals surface area contributed by atoms with Crippen molar-refractivity contribution in [3.63, 3.8) is 0 Å². The molecule has 0 fully saturated rings. The van der Waals surface area contributed by atoms with Gasteiger partial charge in [-0.05, 0) is 189 Å². The summed E-state index contributed by atoms with van der Waals surface area (Å²) in [6.07, 6.45) is 0. The summed E-state index contributed by atoms with van der Waals surface area (Å²) in [5, 5.41) is 0. The molecule has 0 aliphatic carbocycles. The van der Waals surface area contributed by atoms with Gasteiger partial charge < -0.3 is 0 Å². The van der Waals surface area contributed by atoms with Gasteiger partial charge in [0.25, 0.3) is 0 Å². The summed E-state index contributed by atoms with van der Waals surface area (Å²) in [6.45, 7) is 0. The van der Waals surface area contributed by atoms with Crippen molar-refractivity contribution in [2.75, 3.05) is 0 Å². The minimum Gasteiger partial charge on any atom is -0.0616 e. The minimum absolute atomic E-state index is 1.20. The van der Waals surface area contributed by atoms with Crippen LogP contribution >= 0.6 is 67.8 Å². The number of halogens is 3. The van der Waals surface area contributed by atoms with E-state index in [4.69, 9.17) is 0 Å². The Morgan fingerprint density at radius 1 is 0.222 bits per heavy atom. The molecule has 0 aliphatic rings. The van der Waals surface area contributed by atoms with Crippen molar-refractivity contribution in [1.82, 2.24) is 0 Å². The third kappa shape index (κ3) is 6.67. The van der Waals surface area contributed by atoms with Crippen LogP contribution in [0.4, 0.5) is 0 Å². The average molecular weight is 912 g/mol. The zero-order valence-corrected chi connectivity index (χ0v) is 30.7. The predicted molar refractivity (Wildman–Crippen MR) is 217 cm³/mol. The van der Waals surface area contributed by atoms with Gasteiger partial charge in [0.1, 0.15) is 0 Å². The van der Waals surface area contributed by atoms with Crippen molar-refractivity contribution >= 4 is 67.8 Å². The van der Waals surface area contributed by atoms with Crippen molar-refractivity contribution in [2.24, 2.45) is 0 Å². The molecule has 216 valence electrons. The Labute approximate surface area is 306 Å². The molecule has 3 heteroatoms. The predicted octanol–water partition coefficient (Wildman–Crippen LogP) is 13.5. The molecule has 7 aromatic carbocycles. The number of hydrogen-bond acceptors (Lipinski definition) is 0. The fourth-order valence-electron chi connectivity index (χ4n) is 6.02. The lowest BCUT2D eigenvalue weighted by Gasteiger charge is -2.18. The first-order valence-electron chi connectivity index (χ1n) is 14.7. The molecule has 0 amide bonds. The lowest BCUT2D eigenvalue weighted by molar-refractivity contribution is 1.53. The summed E-state index contributed by atoms with van der Waals surface area (Å²) in [4.78, 5) is 0. The first-order chi connectivity index (χ1) is 22.0. The Balaban J connectivity index is 1.50. The Kier molecular flexibility index (Phi) is 9.19. The normalized spacial score (nSPS) is 11.0. The average Bonchev–Trinajstić information content (AvgIpc) is 3.08. The Morgan fingerprint density at radius 2 is 0.467 bits per heavy atom. The largest absolute Gasteiger partial charge is 0.0616 e. The lowest BCUT2D eigenvalue weighted by Crippen LogP contribution is -1.92. The number of hydrogen-bond donors (Lipinski definition) is 0. The van der Waals surface area contributed by atoms with Gasteiger partial charge in [-0.25, -0.2) is 0 Å². The van der Waals surface area contributed by atoms with E-state index in [0.717, 1.165) is 0 Å². The number of rotatable bonds is 6. The second-order valence-corrected chi connectivity index (χ2v) is 14.7. The van der Waals surface area contributed by atoms with Gasteiger partial charge in [-0.3, -0.25) is 0 Å². The second-order valence-electron chi connectivity index (χ2n) is 11.0. The summed E-state index contributed by atoms with van der Waals surface area (Å²) in [6, 6.07) is 59.8. The molecule has 0 heterocycles. The first kappa shape index (κ1) is 30.4. The highest BCUT2D eigenvalue weighted by Gasteiger charge is 2.16. The molecule has 0 saturated carbocycles. The molecule has 45 heavy (non-hydrogen) atoms. The van der Waals surface area contributed by atoms with Gasteiger partial charge >= 0.3 is 0 Å². The van der Waals surface area contributed by atoms with E-state index in [-0.39, 0.29) is 0 Å². The highest BCUT2D eigenvalue weighted by molar-refractivity contribution is 14.1. The molecule has 0 unspecified atom stereocenters. The third-order valence-corrected chi connectivity index (χ3v) is 10.1. The zero-order chi connectivity index (χ0) is 30.8. The monoisotopic (exact) mass is 912 g/mol. The summed E-state index contributed by atoms with van der Waals surface area (Å²) in [5.74, 6) is 0. The highest BCUT2D eigenvalue weighted by atomic mass is 127. The van der Waals surface area contributed by atoms with Crippen molar-refractivity contribution in [2.45, 2.75) is 0 Å². The molecular weight excluding hydrogens is 885 g/mol. The molecule has 0 aliphatic heterocycles. The Morgan fingerprint density at radius 3 is 0.711 bits per heavy atom. The zero-order valence-electron chi connectivity index (χ0n) is 24.2. The van der Waals surface area contributed by atoms with E-state index in [9.17, 15) is 0 Å². The molecule has 7 rings (SSSR count). The van der Waals surface area contributed by atoms with Crippen LogP contribution in [0.25, 0.3) is 66.8 Å². The van der Waals surface area contributed by atoms with Crippen molar-refractivity contribution < 1.29 is 0 Å². The first-order valence-corrected chi connectivity index (χ1v) is 18.0. The molecule has 0 bridgehead atoms. The van der Waals surface area contributed by atoms with Crippen LogP contribution in [0, 0.1) is 10.7 Å². The maximum absolute atomic E-state index is 2.41.